The molecule has 58 valence electrons. The highest BCUT2D eigenvalue weighted by Crippen LogP contribution is 2.11. The van der Waals surface area contributed by atoms with Gasteiger partial charge in [-0.1, -0.05) is 0 Å². The normalized spacial score (nSPS) is 14.7. The van der Waals surface area contributed by atoms with Gasteiger partial charge < -0.3 is 4.74 Å². The zero-order valence-corrected chi connectivity index (χ0v) is 9.23. The quantitative estimate of drug-likeness (QED) is 0.354. The molecule has 0 heterocycles. The van der Waals surface area contributed by atoms with Gasteiger partial charge in [0.05, 0.1) is 10.8 Å². The standard InChI is InChI=1S/C6H10INOS/c1-4(10)6(9-3)8-5(2)7/h10H,1-3H3/b6-4+,8-5?. The molecule has 0 fully saturated rings. The molecule has 0 saturated heterocycles. The fraction of sp³-hybridized carbons (Fsp3) is 0.500. The van der Waals surface area contributed by atoms with E-state index in [2.05, 4.69) is 40.2 Å². The zero-order chi connectivity index (χ0) is 8.15. The lowest BCUT2D eigenvalue weighted by molar-refractivity contribution is 0.287. The molecule has 10 heavy (non-hydrogen) atoms. The summed E-state index contributed by atoms with van der Waals surface area (Å²) in [4.78, 5) is 4.87. The lowest BCUT2D eigenvalue weighted by atomic mass is 10.6. The Kier molecular flexibility index (Phi) is 5.15. The Bertz CT molecular complexity index is 169. The highest BCUT2D eigenvalue weighted by molar-refractivity contribution is 14.1. The predicted molar refractivity (Wildman–Crippen MR) is 55.8 cm³/mol. The Balaban J connectivity index is 4.40. The van der Waals surface area contributed by atoms with Crippen LogP contribution in [0.5, 0.6) is 0 Å². The summed E-state index contributed by atoms with van der Waals surface area (Å²) in [6, 6.07) is 0. The number of hydrogen-bond donors (Lipinski definition) is 1. The van der Waals surface area contributed by atoms with Crippen LogP contribution in [-0.4, -0.2) is 10.8 Å². The summed E-state index contributed by atoms with van der Waals surface area (Å²) in [7, 11) is 1.58. The largest absolute Gasteiger partial charge is 0.480 e. The third-order valence-corrected chi connectivity index (χ3v) is 1.19. The van der Waals surface area contributed by atoms with Gasteiger partial charge in [-0.15, -0.1) is 12.6 Å². The molecule has 0 spiro atoms. The fourth-order valence-electron chi connectivity index (χ4n) is 0.414. The van der Waals surface area contributed by atoms with Crippen molar-refractivity contribution in [3.05, 3.63) is 10.8 Å². The van der Waals surface area contributed by atoms with Crippen molar-refractivity contribution in [2.75, 3.05) is 7.11 Å². The number of ether oxygens (including phenoxy) is 1. The molecule has 0 atom stereocenters. The van der Waals surface area contributed by atoms with Crippen LogP contribution in [0.2, 0.25) is 0 Å². The predicted octanol–water partition coefficient (Wildman–Crippen LogP) is 2.61. The van der Waals surface area contributed by atoms with Gasteiger partial charge in [-0.2, -0.15) is 0 Å². The van der Waals surface area contributed by atoms with Crippen molar-refractivity contribution in [3.8, 4) is 0 Å². The highest BCUT2D eigenvalue weighted by atomic mass is 127. The van der Waals surface area contributed by atoms with Crippen LogP contribution in [0.15, 0.2) is 15.8 Å². The second-order valence-corrected chi connectivity index (χ2v) is 3.94. The van der Waals surface area contributed by atoms with Gasteiger partial charge in [-0.25, -0.2) is 4.99 Å². The lowest BCUT2D eigenvalue weighted by Crippen LogP contribution is -1.86. The molecule has 0 aromatic carbocycles. The number of allylic oxidation sites excluding steroid dienone is 1. The van der Waals surface area contributed by atoms with Gasteiger partial charge in [-0.05, 0) is 36.4 Å². The Hall–Kier alpha value is 0.290. The highest BCUT2D eigenvalue weighted by Gasteiger charge is 1.95. The molecule has 0 aromatic heterocycles. The maximum absolute atomic E-state index is 4.93. The van der Waals surface area contributed by atoms with E-state index in [1.165, 1.54) is 0 Å². The summed E-state index contributed by atoms with van der Waals surface area (Å²) < 4.78 is 5.87. The number of rotatable bonds is 2. The van der Waals surface area contributed by atoms with E-state index in [1.54, 1.807) is 7.11 Å². The maximum Gasteiger partial charge on any atom is 0.222 e. The number of hydrogen-bond acceptors (Lipinski definition) is 3. The van der Waals surface area contributed by atoms with Crippen LogP contribution in [0, 0.1) is 0 Å². The molecule has 0 aliphatic carbocycles. The molecule has 0 amide bonds. The molecule has 0 aliphatic rings. The van der Waals surface area contributed by atoms with Crippen LogP contribution >= 0.6 is 35.2 Å². The number of thiol groups is 1. The lowest BCUT2D eigenvalue weighted by Gasteiger charge is -2.00. The molecule has 0 bridgehead atoms. The zero-order valence-electron chi connectivity index (χ0n) is 6.18. The third-order valence-electron chi connectivity index (χ3n) is 0.758. The van der Waals surface area contributed by atoms with Gasteiger partial charge in [0.15, 0.2) is 0 Å². The minimum absolute atomic E-state index is 0.579. The Labute approximate surface area is 80.3 Å². The van der Waals surface area contributed by atoms with Gasteiger partial charge in [0.1, 0.15) is 0 Å². The summed E-state index contributed by atoms with van der Waals surface area (Å²) in [5.41, 5.74) is 0. The molecule has 0 N–H and O–H groups in total. The molecule has 4 heteroatoms. The van der Waals surface area contributed by atoms with Crippen molar-refractivity contribution in [2.45, 2.75) is 13.8 Å². The molecule has 0 unspecified atom stereocenters. The van der Waals surface area contributed by atoms with Gasteiger partial charge in [0.25, 0.3) is 0 Å². The van der Waals surface area contributed by atoms with E-state index >= 15 is 0 Å². The molecule has 0 aromatic rings. The van der Waals surface area contributed by atoms with Crippen LogP contribution < -0.4 is 0 Å². The minimum Gasteiger partial charge on any atom is -0.480 e. The SMILES string of the molecule is CO/C(N=C(C)I)=C(\C)S. The van der Waals surface area contributed by atoms with Crippen LogP contribution in [0.25, 0.3) is 0 Å². The number of aliphatic imine (C=N–C) groups is 1. The first-order chi connectivity index (χ1) is 4.57. The third kappa shape index (κ3) is 4.16. The number of halogens is 1. The van der Waals surface area contributed by atoms with Crippen molar-refractivity contribution in [3.63, 3.8) is 0 Å². The van der Waals surface area contributed by atoms with Gasteiger partial charge in [0.2, 0.25) is 5.88 Å². The van der Waals surface area contributed by atoms with E-state index in [0.29, 0.717) is 5.88 Å². The van der Waals surface area contributed by atoms with E-state index in [9.17, 15) is 0 Å². The van der Waals surface area contributed by atoms with E-state index < -0.39 is 0 Å². The van der Waals surface area contributed by atoms with Crippen molar-refractivity contribution >= 4 is 38.9 Å². The molecule has 0 aliphatic heterocycles. The molecular weight excluding hydrogens is 261 g/mol. The van der Waals surface area contributed by atoms with Gasteiger partial charge in [-0.3, -0.25) is 0 Å². The van der Waals surface area contributed by atoms with Crippen LogP contribution in [0.4, 0.5) is 0 Å². The monoisotopic (exact) mass is 271 g/mol. The van der Waals surface area contributed by atoms with Gasteiger partial charge >= 0.3 is 0 Å². The van der Waals surface area contributed by atoms with Crippen molar-refractivity contribution in [1.82, 2.24) is 0 Å². The summed E-state index contributed by atoms with van der Waals surface area (Å²) >= 11 is 6.21. The van der Waals surface area contributed by atoms with Crippen LogP contribution in [-0.2, 0) is 4.74 Å². The second kappa shape index (κ2) is 5.01. The number of nitrogens with zero attached hydrogens (tertiary/aromatic N) is 1. The van der Waals surface area contributed by atoms with E-state index in [1.807, 2.05) is 13.8 Å². The molecular formula is C6H10INOS. The Morgan fingerprint density at radius 3 is 2.10 bits per heavy atom. The molecule has 0 radical (unpaired) electrons. The van der Waals surface area contributed by atoms with E-state index in [-0.39, 0.29) is 0 Å². The summed E-state index contributed by atoms with van der Waals surface area (Å²) in [6.07, 6.45) is 0. The maximum atomic E-state index is 4.93. The van der Waals surface area contributed by atoms with Crippen LogP contribution in [0.1, 0.15) is 13.8 Å². The first-order valence-electron chi connectivity index (χ1n) is 2.72. The topological polar surface area (TPSA) is 21.6 Å². The Morgan fingerprint density at radius 2 is 2.00 bits per heavy atom. The van der Waals surface area contributed by atoms with E-state index in [0.717, 1.165) is 8.62 Å². The van der Waals surface area contributed by atoms with Crippen molar-refractivity contribution in [2.24, 2.45) is 4.99 Å². The first-order valence-corrected chi connectivity index (χ1v) is 4.25. The van der Waals surface area contributed by atoms with Crippen molar-refractivity contribution in [1.29, 1.82) is 0 Å². The fourth-order valence-corrected chi connectivity index (χ4v) is 0.775. The Morgan fingerprint density at radius 1 is 1.50 bits per heavy atom. The smallest absolute Gasteiger partial charge is 0.222 e. The van der Waals surface area contributed by atoms with Crippen LogP contribution in [0.3, 0.4) is 0 Å². The molecule has 0 saturated carbocycles. The summed E-state index contributed by atoms with van der Waals surface area (Å²) in [5.74, 6) is 0.579. The van der Waals surface area contributed by atoms with Gasteiger partial charge in [0, 0.05) is 4.91 Å². The summed E-state index contributed by atoms with van der Waals surface area (Å²) in [5, 5.41) is 0. The average molecular weight is 271 g/mol. The second-order valence-electron chi connectivity index (χ2n) is 1.70. The molecule has 2 nitrogen and oxygen atoms in total. The number of methoxy groups -OCH3 is 1. The molecule has 0 rings (SSSR count). The first kappa shape index (κ1) is 10.3. The van der Waals surface area contributed by atoms with E-state index in [4.69, 9.17) is 4.74 Å². The van der Waals surface area contributed by atoms with Crippen molar-refractivity contribution < 1.29 is 4.74 Å². The minimum atomic E-state index is 0.579. The summed E-state index contributed by atoms with van der Waals surface area (Å²) in [6.45, 7) is 3.74. The average Bonchev–Trinajstić information content (AvgIpc) is 1.81.